The molecule has 2 fully saturated rings. The predicted molar refractivity (Wildman–Crippen MR) is 140 cm³/mol. The van der Waals surface area contributed by atoms with Crippen molar-refractivity contribution in [3.05, 3.63) is 53.1 Å². The maximum atomic E-state index is 13.4. The van der Waals surface area contributed by atoms with E-state index in [4.69, 9.17) is 26.1 Å². The van der Waals surface area contributed by atoms with E-state index in [1.54, 1.807) is 30.2 Å². The Morgan fingerprint density at radius 1 is 1.23 bits per heavy atom. The van der Waals surface area contributed by atoms with Crippen molar-refractivity contribution in [2.24, 2.45) is 4.99 Å². The van der Waals surface area contributed by atoms with E-state index in [2.05, 4.69) is 10.2 Å². The lowest BCUT2D eigenvalue weighted by atomic mass is 10.2. The van der Waals surface area contributed by atoms with E-state index in [9.17, 15) is 9.59 Å². The van der Waals surface area contributed by atoms with Gasteiger partial charge in [-0.1, -0.05) is 35.5 Å². The largest absolute Gasteiger partial charge is 0.497 e. The molecule has 0 saturated carbocycles. The fraction of sp³-hybridized carbons (Fsp3) is 0.400. The molecule has 2 heterocycles. The van der Waals surface area contributed by atoms with Crippen LogP contribution in [0.5, 0.6) is 5.75 Å². The summed E-state index contributed by atoms with van der Waals surface area (Å²) in [6, 6.07) is 12.7. The highest BCUT2D eigenvalue weighted by Crippen LogP contribution is 2.33. The fourth-order valence-corrected chi connectivity index (χ4v) is 5.26. The summed E-state index contributed by atoms with van der Waals surface area (Å²) in [5.74, 6) is 0.341. The Kier molecular flexibility index (Phi) is 8.67. The number of aliphatic imine (C=N–C) groups is 1. The van der Waals surface area contributed by atoms with Crippen LogP contribution in [-0.2, 0) is 14.3 Å². The quantitative estimate of drug-likeness (QED) is 0.572. The minimum Gasteiger partial charge on any atom is -0.497 e. The van der Waals surface area contributed by atoms with E-state index >= 15 is 0 Å². The topological polar surface area (TPSA) is 83.5 Å². The van der Waals surface area contributed by atoms with Crippen molar-refractivity contribution in [3.8, 4) is 5.75 Å². The first kappa shape index (κ1) is 25.5. The van der Waals surface area contributed by atoms with Gasteiger partial charge in [-0.15, -0.1) is 0 Å². The normalized spacial score (nSPS) is 19.9. The van der Waals surface area contributed by atoms with Crippen LogP contribution >= 0.6 is 23.4 Å². The monoisotopic (exact) mass is 516 g/mol. The average Bonchev–Trinajstić information content (AvgIpc) is 3.14. The third-order valence-electron chi connectivity index (χ3n) is 5.95. The zero-order valence-corrected chi connectivity index (χ0v) is 21.4. The maximum Gasteiger partial charge on any atom is 0.242 e. The number of carbonyl (C=O) groups is 2. The van der Waals surface area contributed by atoms with Gasteiger partial charge in [0, 0.05) is 49.4 Å². The number of hydrogen-bond acceptors (Lipinski definition) is 7. The summed E-state index contributed by atoms with van der Waals surface area (Å²) in [6.45, 7) is 6.12. The highest BCUT2D eigenvalue weighted by Gasteiger charge is 2.39. The van der Waals surface area contributed by atoms with Crippen LogP contribution in [-0.4, -0.2) is 78.5 Å². The summed E-state index contributed by atoms with van der Waals surface area (Å²) < 4.78 is 10.7. The third kappa shape index (κ3) is 6.55. The molecule has 2 aromatic rings. The van der Waals surface area contributed by atoms with Crippen molar-refractivity contribution in [1.29, 1.82) is 0 Å². The summed E-state index contributed by atoms with van der Waals surface area (Å²) in [5, 5.41) is 3.51. The van der Waals surface area contributed by atoms with E-state index < -0.39 is 5.25 Å². The van der Waals surface area contributed by atoms with Crippen molar-refractivity contribution < 1.29 is 19.1 Å². The molecule has 0 spiro atoms. The summed E-state index contributed by atoms with van der Waals surface area (Å²) >= 11 is 7.50. The van der Waals surface area contributed by atoms with Gasteiger partial charge in [0.1, 0.15) is 11.0 Å². The molecule has 186 valence electrons. The lowest BCUT2D eigenvalue weighted by molar-refractivity contribution is -0.128. The number of rotatable bonds is 8. The van der Waals surface area contributed by atoms with E-state index in [0.717, 1.165) is 18.7 Å². The molecule has 1 unspecified atom stereocenters. The standard InChI is InChI=1S/C25H29ClN4O4S/c1-17-20(26)7-4-8-21(17)28-23(31)16-22-24(32)30(10-9-29-11-13-34-14-12-29)25(35-22)27-18-5-3-6-19(15-18)33-2/h3-8,15,22H,9-14,16H2,1-2H3,(H,28,31). The SMILES string of the molecule is COc1cccc(N=C2SC(CC(=O)Nc3cccc(Cl)c3C)C(=O)N2CCN2CCOCC2)c1. The lowest BCUT2D eigenvalue weighted by Gasteiger charge is -2.28. The van der Waals surface area contributed by atoms with Crippen molar-refractivity contribution >= 4 is 51.7 Å². The lowest BCUT2D eigenvalue weighted by Crippen LogP contribution is -2.43. The zero-order valence-electron chi connectivity index (χ0n) is 19.8. The first-order chi connectivity index (χ1) is 16.9. The number of nitrogens with one attached hydrogen (secondary N) is 1. The fourth-order valence-electron chi connectivity index (χ4n) is 3.90. The molecule has 10 heteroatoms. The van der Waals surface area contributed by atoms with Gasteiger partial charge in [0.2, 0.25) is 11.8 Å². The molecule has 0 aliphatic carbocycles. The van der Waals surface area contributed by atoms with Gasteiger partial charge >= 0.3 is 0 Å². The molecule has 2 aliphatic heterocycles. The number of methoxy groups -OCH3 is 1. The predicted octanol–water partition coefficient (Wildman–Crippen LogP) is 3.95. The van der Waals surface area contributed by atoms with Crippen LogP contribution in [0.25, 0.3) is 0 Å². The van der Waals surface area contributed by atoms with Crippen molar-refractivity contribution in [3.63, 3.8) is 0 Å². The molecule has 2 aromatic carbocycles. The minimum atomic E-state index is -0.552. The number of amides is 2. The van der Waals surface area contributed by atoms with Crippen LogP contribution in [0.3, 0.4) is 0 Å². The van der Waals surface area contributed by atoms with Crippen LogP contribution in [0.1, 0.15) is 12.0 Å². The molecule has 2 aliphatic rings. The average molecular weight is 517 g/mol. The molecule has 0 aromatic heterocycles. The molecule has 35 heavy (non-hydrogen) atoms. The minimum absolute atomic E-state index is 0.0423. The van der Waals surface area contributed by atoms with Crippen LogP contribution in [0.2, 0.25) is 5.02 Å². The van der Waals surface area contributed by atoms with Crippen LogP contribution < -0.4 is 10.1 Å². The summed E-state index contributed by atoms with van der Waals surface area (Å²) in [5.41, 5.74) is 2.13. The van der Waals surface area contributed by atoms with Gasteiger partial charge < -0.3 is 14.8 Å². The van der Waals surface area contributed by atoms with Gasteiger partial charge in [-0.25, -0.2) is 4.99 Å². The number of hydrogen-bond donors (Lipinski definition) is 1. The summed E-state index contributed by atoms with van der Waals surface area (Å²) in [7, 11) is 1.60. The number of amidine groups is 1. The third-order valence-corrected chi connectivity index (χ3v) is 7.54. The van der Waals surface area contributed by atoms with Gasteiger partial charge in [-0.3, -0.25) is 19.4 Å². The smallest absolute Gasteiger partial charge is 0.242 e. The van der Waals surface area contributed by atoms with Crippen LogP contribution in [0.4, 0.5) is 11.4 Å². The molecule has 1 atom stereocenters. The Morgan fingerprint density at radius 3 is 2.77 bits per heavy atom. The van der Waals surface area contributed by atoms with Gasteiger partial charge in [0.05, 0.1) is 26.0 Å². The highest BCUT2D eigenvalue weighted by atomic mass is 35.5. The maximum absolute atomic E-state index is 13.4. The second-order valence-electron chi connectivity index (χ2n) is 8.31. The van der Waals surface area contributed by atoms with E-state index in [1.807, 2.05) is 31.2 Å². The van der Waals surface area contributed by atoms with Gasteiger partial charge in [-0.05, 0) is 36.8 Å². The zero-order chi connectivity index (χ0) is 24.8. The number of carbonyl (C=O) groups excluding carboxylic acids is 2. The summed E-state index contributed by atoms with van der Waals surface area (Å²) in [6.07, 6.45) is 0.0423. The van der Waals surface area contributed by atoms with Gasteiger partial charge in [0.25, 0.3) is 0 Å². The molecule has 2 amide bonds. The number of anilines is 1. The van der Waals surface area contributed by atoms with Gasteiger partial charge in [-0.2, -0.15) is 0 Å². The van der Waals surface area contributed by atoms with Crippen molar-refractivity contribution in [2.45, 2.75) is 18.6 Å². The number of morpholine rings is 1. The molecule has 0 bridgehead atoms. The summed E-state index contributed by atoms with van der Waals surface area (Å²) in [4.78, 5) is 34.9. The van der Waals surface area contributed by atoms with Crippen molar-refractivity contribution in [2.75, 3.05) is 51.8 Å². The van der Waals surface area contributed by atoms with Gasteiger partial charge in [0.15, 0.2) is 5.17 Å². The van der Waals surface area contributed by atoms with E-state index in [0.29, 0.717) is 53.6 Å². The number of ether oxygens (including phenoxy) is 2. The van der Waals surface area contributed by atoms with E-state index in [-0.39, 0.29) is 18.2 Å². The molecule has 8 nitrogen and oxygen atoms in total. The Hall–Kier alpha value is -2.59. The Morgan fingerprint density at radius 2 is 2.00 bits per heavy atom. The van der Waals surface area contributed by atoms with Crippen LogP contribution in [0.15, 0.2) is 47.5 Å². The second kappa shape index (κ2) is 11.9. The molecule has 4 rings (SSSR count). The van der Waals surface area contributed by atoms with Crippen molar-refractivity contribution in [1.82, 2.24) is 9.80 Å². The molecular formula is C25H29ClN4O4S. The molecule has 1 N–H and O–H groups in total. The number of halogens is 1. The Balaban J connectivity index is 1.49. The van der Waals surface area contributed by atoms with Crippen LogP contribution in [0, 0.1) is 6.92 Å². The Bertz CT molecular complexity index is 1110. The molecule has 2 saturated heterocycles. The number of nitrogens with zero attached hydrogens (tertiary/aromatic N) is 3. The second-order valence-corrected chi connectivity index (χ2v) is 9.89. The highest BCUT2D eigenvalue weighted by molar-refractivity contribution is 8.15. The molecule has 0 radical (unpaired) electrons. The molecular weight excluding hydrogens is 488 g/mol. The first-order valence-corrected chi connectivity index (χ1v) is 12.8. The number of benzene rings is 2. The number of thioether (sulfide) groups is 1. The van der Waals surface area contributed by atoms with E-state index in [1.165, 1.54) is 11.8 Å². The first-order valence-electron chi connectivity index (χ1n) is 11.5. The Labute approximate surface area is 214 Å².